The highest BCUT2D eigenvalue weighted by molar-refractivity contribution is 7.99. The summed E-state index contributed by atoms with van der Waals surface area (Å²) in [6.45, 7) is 1.72. The predicted octanol–water partition coefficient (Wildman–Crippen LogP) is 4.63. The third kappa shape index (κ3) is 4.30. The highest BCUT2D eigenvalue weighted by Gasteiger charge is 2.40. The SMILES string of the molecule is O=C(C(CC1CCCCC1)SCc1ccco1)N1CCCC2OCCC21. The minimum absolute atomic E-state index is 0.0579. The number of thioether (sulfide) groups is 1. The van der Waals surface area contributed by atoms with Gasteiger partial charge in [0.05, 0.1) is 29.4 Å². The zero-order valence-corrected chi connectivity index (χ0v) is 16.4. The maximum Gasteiger partial charge on any atom is 0.236 e. The third-order valence-electron chi connectivity index (χ3n) is 6.30. The van der Waals surface area contributed by atoms with Crippen LogP contribution in [0.5, 0.6) is 0 Å². The maximum atomic E-state index is 13.5. The molecular formula is C21H31NO3S. The van der Waals surface area contributed by atoms with Crippen LogP contribution < -0.4 is 0 Å². The van der Waals surface area contributed by atoms with Crippen molar-refractivity contribution in [2.45, 2.75) is 80.9 Å². The van der Waals surface area contributed by atoms with E-state index >= 15 is 0 Å². The van der Waals surface area contributed by atoms with Gasteiger partial charge in [0.2, 0.25) is 5.91 Å². The van der Waals surface area contributed by atoms with Crippen LogP contribution >= 0.6 is 11.8 Å². The van der Waals surface area contributed by atoms with Crippen molar-refractivity contribution in [1.82, 2.24) is 4.90 Å². The van der Waals surface area contributed by atoms with Gasteiger partial charge >= 0.3 is 0 Å². The molecule has 1 amide bonds. The number of hydrogen-bond acceptors (Lipinski definition) is 4. The van der Waals surface area contributed by atoms with Crippen LogP contribution in [0.2, 0.25) is 0 Å². The normalized spacial score (nSPS) is 28.1. The van der Waals surface area contributed by atoms with E-state index in [1.54, 1.807) is 18.0 Å². The van der Waals surface area contributed by atoms with E-state index in [1.807, 2.05) is 12.1 Å². The first-order chi connectivity index (χ1) is 12.8. The summed E-state index contributed by atoms with van der Waals surface area (Å²) in [5, 5.41) is 0.0579. The van der Waals surface area contributed by atoms with Crippen LogP contribution in [0, 0.1) is 5.92 Å². The molecule has 0 aromatic carbocycles. The summed E-state index contributed by atoms with van der Waals surface area (Å²) in [7, 11) is 0. The largest absolute Gasteiger partial charge is 0.468 e. The van der Waals surface area contributed by atoms with Gasteiger partial charge in [-0.25, -0.2) is 0 Å². The van der Waals surface area contributed by atoms with Crippen LogP contribution in [-0.4, -0.2) is 41.4 Å². The molecule has 1 aromatic rings. The zero-order valence-electron chi connectivity index (χ0n) is 15.6. The number of carbonyl (C=O) groups excluding carboxylic acids is 1. The van der Waals surface area contributed by atoms with Gasteiger partial charge in [-0.3, -0.25) is 4.79 Å². The van der Waals surface area contributed by atoms with E-state index in [0.717, 1.165) is 50.3 Å². The van der Waals surface area contributed by atoms with Crippen molar-refractivity contribution in [3.8, 4) is 0 Å². The Hall–Kier alpha value is -0.940. The van der Waals surface area contributed by atoms with Crippen molar-refractivity contribution in [1.29, 1.82) is 0 Å². The molecular weight excluding hydrogens is 346 g/mol. The van der Waals surface area contributed by atoms with Gasteiger partial charge in [-0.15, -0.1) is 11.8 Å². The van der Waals surface area contributed by atoms with Crippen molar-refractivity contribution < 1.29 is 13.9 Å². The molecule has 3 aliphatic rings. The first-order valence-corrected chi connectivity index (χ1v) is 11.4. The van der Waals surface area contributed by atoms with Crippen molar-refractivity contribution in [3.63, 3.8) is 0 Å². The summed E-state index contributed by atoms with van der Waals surface area (Å²) >= 11 is 1.78. The first-order valence-electron chi connectivity index (χ1n) is 10.4. The lowest BCUT2D eigenvalue weighted by atomic mass is 9.85. The van der Waals surface area contributed by atoms with Crippen LogP contribution in [0.3, 0.4) is 0 Å². The van der Waals surface area contributed by atoms with Crippen molar-refractivity contribution in [3.05, 3.63) is 24.2 Å². The smallest absolute Gasteiger partial charge is 0.236 e. The standard InChI is InChI=1S/C21H31NO3S/c23-21(22-11-4-9-19-18(22)10-13-25-19)20(14-16-6-2-1-3-7-16)26-15-17-8-5-12-24-17/h5,8,12,16,18-20H,1-4,6-7,9-11,13-15H2. The van der Waals surface area contributed by atoms with Crippen molar-refractivity contribution >= 4 is 17.7 Å². The van der Waals surface area contributed by atoms with E-state index in [1.165, 1.54) is 32.1 Å². The summed E-state index contributed by atoms with van der Waals surface area (Å²) in [6, 6.07) is 4.25. The highest BCUT2D eigenvalue weighted by atomic mass is 32.2. The molecule has 0 radical (unpaired) electrons. The van der Waals surface area contributed by atoms with Crippen LogP contribution in [0.4, 0.5) is 0 Å². The molecule has 3 atom stereocenters. The number of likely N-dealkylation sites (tertiary alicyclic amines) is 1. The van der Waals surface area contributed by atoms with Gasteiger partial charge in [0.1, 0.15) is 5.76 Å². The average molecular weight is 378 g/mol. The Balaban J connectivity index is 1.43. The molecule has 2 saturated heterocycles. The molecule has 26 heavy (non-hydrogen) atoms. The number of furan rings is 1. The van der Waals surface area contributed by atoms with Gasteiger partial charge in [0, 0.05) is 13.2 Å². The number of nitrogens with zero attached hydrogens (tertiary/aromatic N) is 1. The Kier molecular flexibility index (Phi) is 6.26. The van der Waals surface area contributed by atoms with Gasteiger partial charge in [0.25, 0.3) is 0 Å². The quantitative estimate of drug-likeness (QED) is 0.725. The molecule has 0 N–H and O–H groups in total. The second-order valence-electron chi connectivity index (χ2n) is 8.06. The molecule has 3 heterocycles. The van der Waals surface area contributed by atoms with E-state index in [4.69, 9.17) is 9.15 Å². The Morgan fingerprint density at radius 2 is 2.08 bits per heavy atom. The summed E-state index contributed by atoms with van der Waals surface area (Å²) in [5.74, 6) is 2.82. The fourth-order valence-corrected chi connectivity index (χ4v) is 6.12. The Morgan fingerprint density at radius 3 is 2.88 bits per heavy atom. The summed E-state index contributed by atoms with van der Waals surface area (Å²) in [5.41, 5.74) is 0. The van der Waals surface area contributed by atoms with Gasteiger partial charge in [-0.05, 0) is 43.7 Å². The lowest BCUT2D eigenvalue weighted by Gasteiger charge is -2.39. The number of rotatable bonds is 6. The molecule has 1 saturated carbocycles. The van der Waals surface area contributed by atoms with Crippen LogP contribution in [0.1, 0.15) is 63.5 Å². The molecule has 4 rings (SSSR count). The van der Waals surface area contributed by atoms with Gasteiger partial charge in [-0.1, -0.05) is 32.1 Å². The number of amides is 1. The molecule has 5 heteroatoms. The molecule has 3 fully saturated rings. The van der Waals surface area contributed by atoms with E-state index in [0.29, 0.717) is 17.9 Å². The minimum Gasteiger partial charge on any atom is -0.468 e. The molecule has 4 nitrogen and oxygen atoms in total. The van der Waals surface area contributed by atoms with Crippen molar-refractivity contribution in [2.75, 3.05) is 13.2 Å². The molecule has 144 valence electrons. The highest BCUT2D eigenvalue weighted by Crippen LogP contribution is 2.35. The second-order valence-corrected chi connectivity index (χ2v) is 9.25. The third-order valence-corrected chi connectivity index (χ3v) is 7.55. The Morgan fingerprint density at radius 1 is 1.19 bits per heavy atom. The van der Waals surface area contributed by atoms with Crippen LogP contribution in [-0.2, 0) is 15.3 Å². The van der Waals surface area contributed by atoms with E-state index in [2.05, 4.69) is 4.90 Å². The van der Waals surface area contributed by atoms with Crippen LogP contribution in [0.25, 0.3) is 0 Å². The zero-order chi connectivity index (χ0) is 17.8. The summed E-state index contributed by atoms with van der Waals surface area (Å²) < 4.78 is 11.4. The average Bonchev–Trinajstić information content (AvgIpc) is 3.36. The predicted molar refractivity (Wildman–Crippen MR) is 104 cm³/mol. The summed E-state index contributed by atoms with van der Waals surface area (Å²) in [4.78, 5) is 15.7. The molecule has 1 aromatic heterocycles. The number of ether oxygens (including phenoxy) is 1. The van der Waals surface area contributed by atoms with E-state index in [-0.39, 0.29) is 11.4 Å². The lowest BCUT2D eigenvalue weighted by molar-refractivity contribution is -0.136. The summed E-state index contributed by atoms with van der Waals surface area (Å²) in [6.07, 6.45) is 12.8. The fourth-order valence-electron chi connectivity index (χ4n) is 4.90. The molecule has 0 bridgehead atoms. The van der Waals surface area contributed by atoms with Gasteiger partial charge in [0.15, 0.2) is 0 Å². The Bertz CT molecular complexity index is 570. The van der Waals surface area contributed by atoms with E-state index < -0.39 is 0 Å². The first kappa shape index (κ1) is 18.4. The van der Waals surface area contributed by atoms with Crippen molar-refractivity contribution in [2.24, 2.45) is 5.92 Å². The molecule has 3 unspecified atom stereocenters. The number of carbonyl (C=O) groups is 1. The van der Waals surface area contributed by atoms with Gasteiger partial charge in [-0.2, -0.15) is 0 Å². The number of hydrogen-bond donors (Lipinski definition) is 0. The molecule has 1 aliphatic carbocycles. The molecule has 0 spiro atoms. The second kappa shape index (κ2) is 8.83. The topological polar surface area (TPSA) is 42.7 Å². The van der Waals surface area contributed by atoms with E-state index in [9.17, 15) is 4.79 Å². The Labute approximate surface area is 161 Å². The fraction of sp³-hybridized carbons (Fsp3) is 0.762. The number of fused-ring (bicyclic) bond motifs is 1. The monoisotopic (exact) mass is 377 g/mol. The molecule has 2 aliphatic heterocycles. The maximum absolute atomic E-state index is 13.5. The lowest BCUT2D eigenvalue weighted by Crippen LogP contribution is -2.51. The van der Waals surface area contributed by atoms with Crippen LogP contribution in [0.15, 0.2) is 22.8 Å². The van der Waals surface area contributed by atoms with Gasteiger partial charge < -0.3 is 14.1 Å². The minimum atomic E-state index is 0.0579. The number of piperidine rings is 1.